The number of carbonyl (C=O) groups is 1. The molecular formula is C15H17N3O3S2. The minimum Gasteiger partial charge on any atom is -0.301 e. The van der Waals surface area contributed by atoms with Gasteiger partial charge in [0.2, 0.25) is 5.91 Å². The molecule has 8 heteroatoms. The Hall–Kier alpha value is -1.93. The Morgan fingerprint density at radius 3 is 2.52 bits per heavy atom. The second-order valence-corrected chi connectivity index (χ2v) is 7.93. The predicted molar refractivity (Wildman–Crippen MR) is 93.3 cm³/mol. The van der Waals surface area contributed by atoms with Crippen molar-refractivity contribution in [3.8, 4) is 0 Å². The lowest BCUT2D eigenvalue weighted by Gasteiger charge is -2.19. The first-order valence-corrected chi connectivity index (χ1v) is 8.69. The normalized spacial score (nSPS) is 11.3. The van der Waals surface area contributed by atoms with Crippen LogP contribution in [0.4, 0.5) is 10.1 Å². The van der Waals surface area contributed by atoms with Gasteiger partial charge in [0, 0.05) is 4.90 Å². The van der Waals surface area contributed by atoms with Crippen LogP contribution in [0, 0.1) is 10.1 Å². The van der Waals surface area contributed by atoms with Gasteiger partial charge in [-0.05, 0) is 34.4 Å². The van der Waals surface area contributed by atoms with Gasteiger partial charge in [0.05, 0.1) is 10.7 Å². The van der Waals surface area contributed by atoms with Crippen molar-refractivity contribution in [2.24, 2.45) is 0 Å². The third-order valence-electron chi connectivity index (χ3n) is 3.01. The van der Waals surface area contributed by atoms with E-state index in [0.29, 0.717) is 0 Å². The molecule has 0 fully saturated rings. The molecule has 0 aliphatic carbocycles. The van der Waals surface area contributed by atoms with Crippen LogP contribution in [0.3, 0.4) is 0 Å². The Balaban J connectivity index is 1.87. The molecule has 0 aliphatic rings. The molecule has 1 N–H and O–H groups in total. The molecule has 0 saturated carbocycles. The van der Waals surface area contributed by atoms with Gasteiger partial charge in [0.1, 0.15) is 6.20 Å². The van der Waals surface area contributed by atoms with E-state index in [1.807, 2.05) is 12.1 Å². The van der Waals surface area contributed by atoms with Gasteiger partial charge in [0.25, 0.3) is 0 Å². The van der Waals surface area contributed by atoms with Crippen molar-refractivity contribution in [3.05, 3.63) is 46.1 Å². The lowest BCUT2D eigenvalue weighted by molar-refractivity contribution is -0.380. The Labute approximate surface area is 142 Å². The van der Waals surface area contributed by atoms with Crippen molar-refractivity contribution in [2.45, 2.75) is 31.1 Å². The zero-order chi connectivity index (χ0) is 17.0. The lowest BCUT2D eigenvalue weighted by atomic mass is 9.87. The zero-order valence-corrected chi connectivity index (χ0v) is 14.7. The SMILES string of the molecule is CC(C)(C)c1ccc(SCC(=O)Nc2ncc([N+](=O)[O-])s2)cc1. The minimum atomic E-state index is -0.529. The molecule has 1 heterocycles. The molecule has 0 aliphatic heterocycles. The first-order chi connectivity index (χ1) is 10.8. The minimum absolute atomic E-state index is 0.0919. The number of amides is 1. The summed E-state index contributed by atoms with van der Waals surface area (Å²) in [5, 5.41) is 13.3. The molecule has 0 spiro atoms. The van der Waals surface area contributed by atoms with E-state index in [1.165, 1.54) is 17.3 Å². The van der Waals surface area contributed by atoms with Gasteiger partial charge < -0.3 is 5.32 Å². The highest BCUT2D eigenvalue weighted by atomic mass is 32.2. The number of nitrogens with zero attached hydrogens (tertiary/aromatic N) is 2. The molecule has 0 radical (unpaired) electrons. The van der Waals surface area contributed by atoms with Crippen LogP contribution in [0.15, 0.2) is 35.4 Å². The van der Waals surface area contributed by atoms with Gasteiger partial charge in [-0.3, -0.25) is 14.9 Å². The van der Waals surface area contributed by atoms with E-state index in [1.54, 1.807) is 0 Å². The molecule has 2 rings (SSSR count). The Morgan fingerprint density at radius 1 is 1.35 bits per heavy atom. The molecule has 122 valence electrons. The van der Waals surface area contributed by atoms with Crippen molar-refractivity contribution >= 4 is 39.1 Å². The first kappa shape index (κ1) is 17.4. The number of thioether (sulfide) groups is 1. The fourth-order valence-corrected chi connectivity index (χ4v) is 3.11. The zero-order valence-electron chi connectivity index (χ0n) is 13.0. The molecule has 0 unspecified atom stereocenters. The van der Waals surface area contributed by atoms with Crippen LogP contribution in [0.25, 0.3) is 0 Å². The molecule has 23 heavy (non-hydrogen) atoms. The number of carbonyl (C=O) groups excluding carboxylic acids is 1. The summed E-state index contributed by atoms with van der Waals surface area (Å²) >= 11 is 2.26. The largest absolute Gasteiger partial charge is 0.345 e. The van der Waals surface area contributed by atoms with E-state index in [4.69, 9.17) is 0 Å². The smallest absolute Gasteiger partial charge is 0.301 e. The summed E-state index contributed by atoms with van der Waals surface area (Å²) < 4.78 is 0. The third-order valence-corrected chi connectivity index (χ3v) is 4.89. The number of anilines is 1. The van der Waals surface area contributed by atoms with Crippen LogP contribution in [0.5, 0.6) is 0 Å². The van der Waals surface area contributed by atoms with Crippen molar-refractivity contribution in [2.75, 3.05) is 11.1 Å². The molecule has 0 bridgehead atoms. The maximum Gasteiger partial charge on any atom is 0.345 e. The van der Waals surface area contributed by atoms with Gasteiger partial charge in [-0.25, -0.2) is 4.98 Å². The maximum absolute atomic E-state index is 11.9. The number of thiazole rings is 1. The lowest BCUT2D eigenvalue weighted by Crippen LogP contribution is -2.13. The summed E-state index contributed by atoms with van der Waals surface area (Å²) in [6, 6.07) is 8.11. The van der Waals surface area contributed by atoms with Crippen LogP contribution in [0.1, 0.15) is 26.3 Å². The van der Waals surface area contributed by atoms with Crippen molar-refractivity contribution in [1.29, 1.82) is 0 Å². The van der Waals surface area contributed by atoms with E-state index in [2.05, 4.69) is 43.2 Å². The summed E-state index contributed by atoms with van der Waals surface area (Å²) in [4.78, 5) is 26.7. The van der Waals surface area contributed by atoms with Crippen LogP contribution in [-0.4, -0.2) is 21.6 Å². The summed E-state index contributed by atoms with van der Waals surface area (Å²) in [6.07, 6.45) is 1.14. The van der Waals surface area contributed by atoms with E-state index in [9.17, 15) is 14.9 Å². The van der Waals surface area contributed by atoms with Crippen LogP contribution in [0.2, 0.25) is 0 Å². The number of hydrogen-bond acceptors (Lipinski definition) is 6. The highest BCUT2D eigenvalue weighted by Gasteiger charge is 2.15. The molecule has 1 aromatic carbocycles. The fourth-order valence-electron chi connectivity index (χ4n) is 1.76. The Bertz CT molecular complexity index is 706. The van der Waals surface area contributed by atoms with E-state index in [-0.39, 0.29) is 27.2 Å². The van der Waals surface area contributed by atoms with Crippen LogP contribution >= 0.6 is 23.1 Å². The first-order valence-electron chi connectivity index (χ1n) is 6.89. The summed E-state index contributed by atoms with van der Waals surface area (Å²) in [6.45, 7) is 6.45. The molecule has 1 aromatic heterocycles. The third kappa shape index (κ3) is 5.04. The summed E-state index contributed by atoms with van der Waals surface area (Å²) in [5.41, 5.74) is 1.33. The van der Waals surface area contributed by atoms with Crippen molar-refractivity contribution in [3.63, 3.8) is 0 Å². The number of rotatable bonds is 5. The van der Waals surface area contributed by atoms with Crippen molar-refractivity contribution in [1.82, 2.24) is 4.98 Å². The highest BCUT2D eigenvalue weighted by Crippen LogP contribution is 2.27. The topological polar surface area (TPSA) is 85.1 Å². The van der Waals surface area contributed by atoms with Crippen LogP contribution < -0.4 is 5.32 Å². The number of aromatic nitrogens is 1. The highest BCUT2D eigenvalue weighted by molar-refractivity contribution is 8.00. The van der Waals surface area contributed by atoms with Gasteiger partial charge in [-0.15, -0.1) is 11.8 Å². The van der Waals surface area contributed by atoms with Crippen molar-refractivity contribution < 1.29 is 9.72 Å². The van der Waals surface area contributed by atoms with Gasteiger partial charge in [-0.1, -0.05) is 32.9 Å². The average molecular weight is 351 g/mol. The molecular weight excluding hydrogens is 334 g/mol. The number of nitrogens with one attached hydrogen (secondary N) is 1. The van der Waals surface area contributed by atoms with Gasteiger partial charge >= 0.3 is 5.00 Å². The Kier molecular flexibility index (Phi) is 5.38. The molecule has 1 amide bonds. The maximum atomic E-state index is 11.9. The number of benzene rings is 1. The quantitative estimate of drug-likeness (QED) is 0.498. The van der Waals surface area contributed by atoms with E-state index < -0.39 is 4.92 Å². The second kappa shape index (κ2) is 7.10. The fraction of sp³-hybridized carbons (Fsp3) is 0.333. The van der Waals surface area contributed by atoms with E-state index in [0.717, 1.165) is 22.4 Å². The number of hydrogen-bond donors (Lipinski definition) is 1. The molecule has 0 saturated heterocycles. The van der Waals surface area contributed by atoms with Crippen LogP contribution in [-0.2, 0) is 10.2 Å². The van der Waals surface area contributed by atoms with Gasteiger partial charge in [-0.2, -0.15) is 0 Å². The standard InChI is InChI=1S/C15H17N3O3S2/c1-15(2,3)10-4-6-11(7-5-10)22-9-12(19)17-14-16-8-13(23-14)18(20)21/h4-8H,9H2,1-3H3,(H,16,17,19). The van der Waals surface area contributed by atoms with E-state index >= 15 is 0 Å². The number of nitro groups is 1. The summed E-state index contributed by atoms with van der Waals surface area (Å²) in [5.74, 6) is -0.0125. The molecule has 6 nitrogen and oxygen atoms in total. The average Bonchev–Trinajstić information content (AvgIpc) is 2.93. The Morgan fingerprint density at radius 2 is 2.00 bits per heavy atom. The second-order valence-electron chi connectivity index (χ2n) is 5.87. The molecule has 0 atom stereocenters. The summed E-state index contributed by atoms with van der Waals surface area (Å²) in [7, 11) is 0. The monoisotopic (exact) mass is 351 g/mol. The predicted octanol–water partition coefficient (Wildman–Crippen LogP) is 4.08. The van der Waals surface area contributed by atoms with Gasteiger partial charge in [0.15, 0.2) is 5.13 Å². The molecule has 2 aromatic rings.